The van der Waals surface area contributed by atoms with Gasteiger partial charge in [0.25, 0.3) is 0 Å². The molecule has 2 N–H and O–H groups in total. The second-order valence-corrected chi connectivity index (χ2v) is 6.88. The number of aromatic nitrogens is 2. The molecule has 1 atom stereocenters. The number of carbonyl (C=O) groups is 2. The lowest BCUT2D eigenvalue weighted by atomic mass is 10.1. The van der Waals surface area contributed by atoms with E-state index in [2.05, 4.69) is 15.3 Å². The molecule has 0 bridgehead atoms. The molecular formula is C19H20FN5O4. The average molecular weight is 401 g/mol. The number of aliphatic carboxylic acids is 1. The van der Waals surface area contributed by atoms with Crippen LogP contribution in [0.5, 0.6) is 0 Å². The summed E-state index contributed by atoms with van der Waals surface area (Å²) >= 11 is 0. The van der Waals surface area contributed by atoms with Crippen molar-refractivity contribution < 1.29 is 23.8 Å². The highest BCUT2D eigenvalue weighted by Crippen LogP contribution is 2.27. The van der Waals surface area contributed by atoms with Crippen molar-refractivity contribution in [1.29, 1.82) is 0 Å². The molecule has 10 heteroatoms. The molecule has 0 aliphatic carbocycles. The van der Waals surface area contributed by atoms with Crippen LogP contribution in [0.25, 0.3) is 0 Å². The van der Waals surface area contributed by atoms with Crippen LogP contribution in [0.1, 0.15) is 6.42 Å². The molecule has 1 amide bonds. The van der Waals surface area contributed by atoms with Gasteiger partial charge in [0.15, 0.2) is 11.6 Å². The van der Waals surface area contributed by atoms with Crippen molar-refractivity contribution in [1.82, 2.24) is 9.97 Å². The quantitative estimate of drug-likeness (QED) is 0.779. The Balaban J connectivity index is 1.46. The first-order valence-electron chi connectivity index (χ1n) is 9.27. The van der Waals surface area contributed by atoms with E-state index < -0.39 is 17.7 Å². The van der Waals surface area contributed by atoms with Crippen LogP contribution in [-0.4, -0.2) is 59.8 Å². The Morgan fingerprint density at radius 2 is 1.97 bits per heavy atom. The summed E-state index contributed by atoms with van der Waals surface area (Å²) in [6.45, 7) is 2.31. The lowest BCUT2D eigenvalue weighted by molar-refractivity contribution is -0.141. The third-order valence-electron chi connectivity index (χ3n) is 4.95. The summed E-state index contributed by atoms with van der Waals surface area (Å²) < 4.78 is 19.4. The van der Waals surface area contributed by atoms with Crippen LogP contribution in [0.2, 0.25) is 0 Å². The minimum Gasteiger partial charge on any atom is -0.481 e. The lowest BCUT2D eigenvalue weighted by Crippen LogP contribution is -2.37. The Morgan fingerprint density at radius 3 is 2.62 bits per heavy atom. The van der Waals surface area contributed by atoms with Gasteiger partial charge in [0.2, 0.25) is 11.9 Å². The number of morpholine rings is 1. The van der Waals surface area contributed by atoms with Gasteiger partial charge in [-0.1, -0.05) is 0 Å². The zero-order valence-electron chi connectivity index (χ0n) is 15.5. The van der Waals surface area contributed by atoms with E-state index >= 15 is 0 Å². The van der Waals surface area contributed by atoms with Gasteiger partial charge in [0.1, 0.15) is 0 Å². The number of hydrogen-bond donors (Lipinski definition) is 2. The maximum Gasteiger partial charge on any atom is 0.308 e. The Bertz CT molecular complexity index is 917. The molecule has 1 aromatic heterocycles. The fourth-order valence-corrected chi connectivity index (χ4v) is 3.39. The fourth-order valence-electron chi connectivity index (χ4n) is 3.39. The summed E-state index contributed by atoms with van der Waals surface area (Å²) in [7, 11) is 0. The average Bonchev–Trinajstić information content (AvgIpc) is 3.13. The van der Waals surface area contributed by atoms with Crippen molar-refractivity contribution in [3.63, 3.8) is 0 Å². The van der Waals surface area contributed by atoms with Gasteiger partial charge >= 0.3 is 5.97 Å². The highest BCUT2D eigenvalue weighted by Gasteiger charge is 2.34. The topological polar surface area (TPSA) is 108 Å². The first kappa shape index (κ1) is 19.1. The van der Waals surface area contributed by atoms with E-state index in [1.807, 2.05) is 4.90 Å². The van der Waals surface area contributed by atoms with E-state index in [4.69, 9.17) is 9.84 Å². The van der Waals surface area contributed by atoms with E-state index in [0.29, 0.717) is 37.7 Å². The number of anilines is 4. The molecule has 2 aromatic rings. The fraction of sp³-hybridized carbons (Fsp3) is 0.368. The monoisotopic (exact) mass is 401 g/mol. The largest absolute Gasteiger partial charge is 0.481 e. The van der Waals surface area contributed by atoms with Crippen LogP contribution in [-0.2, 0) is 14.3 Å². The van der Waals surface area contributed by atoms with E-state index in [-0.39, 0.29) is 30.6 Å². The molecule has 152 valence electrons. The lowest BCUT2D eigenvalue weighted by Gasteiger charge is -2.28. The molecule has 2 fully saturated rings. The molecule has 0 spiro atoms. The number of benzene rings is 1. The van der Waals surface area contributed by atoms with E-state index in [1.54, 1.807) is 24.3 Å². The summed E-state index contributed by atoms with van der Waals surface area (Å²) in [5.74, 6) is -1.88. The van der Waals surface area contributed by atoms with Crippen LogP contribution in [0, 0.1) is 11.7 Å². The van der Waals surface area contributed by atoms with Gasteiger partial charge in [-0.3, -0.25) is 9.59 Å². The number of nitrogens with one attached hydrogen (secondary N) is 1. The number of ether oxygens (including phenoxy) is 1. The van der Waals surface area contributed by atoms with Gasteiger partial charge in [0, 0.05) is 37.4 Å². The molecule has 4 rings (SSSR count). The van der Waals surface area contributed by atoms with Crippen molar-refractivity contribution in [2.75, 3.05) is 48.0 Å². The van der Waals surface area contributed by atoms with Crippen molar-refractivity contribution in [3.8, 4) is 0 Å². The van der Waals surface area contributed by atoms with Crippen molar-refractivity contribution >= 4 is 35.0 Å². The number of amides is 1. The number of carbonyl (C=O) groups excluding carboxylic acids is 1. The zero-order valence-corrected chi connectivity index (χ0v) is 15.5. The molecule has 2 aliphatic rings. The standard InChI is InChI=1S/C19H20FN5O4/c20-15-10-21-19(23-17(15)24-5-7-29-8-6-24)22-13-1-3-14(4-2-13)25-11-12(18(27)28)9-16(25)26/h1-4,10,12H,5-9,11H2,(H,27,28)(H,21,22,23). The molecular weight excluding hydrogens is 381 g/mol. The third kappa shape index (κ3) is 4.11. The predicted octanol–water partition coefficient (Wildman–Crippen LogP) is 1.63. The van der Waals surface area contributed by atoms with E-state index in [0.717, 1.165) is 6.20 Å². The zero-order chi connectivity index (χ0) is 20.4. The molecule has 29 heavy (non-hydrogen) atoms. The molecule has 0 saturated carbocycles. The van der Waals surface area contributed by atoms with Gasteiger partial charge < -0.3 is 25.0 Å². The molecule has 3 heterocycles. The van der Waals surface area contributed by atoms with Crippen LogP contribution in [0.3, 0.4) is 0 Å². The minimum absolute atomic E-state index is 0.00305. The second-order valence-electron chi connectivity index (χ2n) is 6.88. The number of rotatable bonds is 5. The van der Waals surface area contributed by atoms with Crippen LogP contribution in [0.15, 0.2) is 30.5 Å². The summed E-state index contributed by atoms with van der Waals surface area (Å²) in [6, 6.07) is 6.91. The van der Waals surface area contributed by atoms with Crippen LogP contribution >= 0.6 is 0 Å². The van der Waals surface area contributed by atoms with Crippen molar-refractivity contribution in [3.05, 3.63) is 36.3 Å². The van der Waals surface area contributed by atoms with Gasteiger partial charge in [-0.15, -0.1) is 0 Å². The van der Waals surface area contributed by atoms with Crippen LogP contribution in [0.4, 0.5) is 27.5 Å². The highest BCUT2D eigenvalue weighted by atomic mass is 19.1. The van der Waals surface area contributed by atoms with E-state index in [9.17, 15) is 14.0 Å². The maximum absolute atomic E-state index is 14.1. The van der Waals surface area contributed by atoms with Gasteiger partial charge in [-0.2, -0.15) is 4.98 Å². The smallest absolute Gasteiger partial charge is 0.308 e. The maximum atomic E-state index is 14.1. The number of carboxylic acids is 1. The summed E-state index contributed by atoms with van der Waals surface area (Å²) in [5, 5.41) is 12.1. The summed E-state index contributed by atoms with van der Waals surface area (Å²) in [6.07, 6.45) is 1.13. The number of nitrogens with zero attached hydrogens (tertiary/aromatic N) is 4. The normalized spacial score (nSPS) is 19.5. The highest BCUT2D eigenvalue weighted by molar-refractivity contribution is 5.99. The predicted molar refractivity (Wildman–Crippen MR) is 103 cm³/mol. The molecule has 1 unspecified atom stereocenters. The number of carboxylic acid groups (broad SMARTS) is 1. The number of hydrogen-bond acceptors (Lipinski definition) is 7. The Hall–Kier alpha value is -3.27. The molecule has 2 aliphatic heterocycles. The van der Waals surface area contributed by atoms with Crippen molar-refractivity contribution in [2.45, 2.75) is 6.42 Å². The summed E-state index contributed by atoms with van der Waals surface area (Å²) in [5.41, 5.74) is 1.29. The van der Waals surface area contributed by atoms with E-state index in [1.165, 1.54) is 4.90 Å². The number of halogens is 1. The molecule has 9 nitrogen and oxygen atoms in total. The van der Waals surface area contributed by atoms with Crippen molar-refractivity contribution in [2.24, 2.45) is 5.92 Å². The Morgan fingerprint density at radius 1 is 1.24 bits per heavy atom. The van der Waals surface area contributed by atoms with Gasteiger partial charge in [0.05, 0.1) is 25.3 Å². The molecule has 1 aromatic carbocycles. The van der Waals surface area contributed by atoms with Gasteiger partial charge in [-0.05, 0) is 24.3 Å². The summed E-state index contributed by atoms with van der Waals surface area (Å²) in [4.78, 5) is 34.7. The first-order chi connectivity index (χ1) is 14.0. The second kappa shape index (κ2) is 8.00. The Kier molecular flexibility index (Phi) is 5.26. The third-order valence-corrected chi connectivity index (χ3v) is 4.95. The first-order valence-corrected chi connectivity index (χ1v) is 9.27. The molecule has 0 radical (unpaired) electrons. The Labute approximate surface area is 166 Å². The van der Waals surface area contributed by atoms with Gasteiger partial charge in [-0.25, -0.2) is 9.37 Å². The molecule has 2 saturated heterocycles. The SMILES string of the molecule is O=C(O)C1CC(=O)N(c2ccc(Nc3ncc(F)c(N4CCOCC4)n3)cc2)C1. The van der Waals surface area contributed by atoms with Crippen LogP contribution < -0.4 is 15.1 Å². The minimum atomic E-state index is -0.969.